The minimum Gasteiger partial charge on any atom is -0.461 e. The Labute approximate surface area is 503 Å². The molecule has 6 N–H and O–H groups in total. The van der Waals surface area contributed by atoms with Crippen molar-refractivity contribution in [3.8, 4) is 0 Å². The molecule has 2 atom stereocenters. The van der Waals surface area contributed by atoms with E-state index in [9.17, 15) is 47.9 Å². The van der Waals surface area contributed by atoms with Crippen LogP contribution in [0.2, 0.25) is 0 Å². The lowest BCUT2D eigenvalue weighted by Crippen LogP contribution is -2.46. The molecule has 0 radical (unpaired) electrons. The Balaban J connectivity index is 1.11. The number of carbonyl (C=O) groups is 10. The number of amides is 7. The monoisotopic (exact) mass is 1190 g/mol. The molecule has 0 fully saturated rings. The smallest absolute Gasteiger partial charge is 0.408 e. The Kier molecular flexibility index (Phi) is 25.6. The Morgan fingerprint density at radius 3 is 2.10 bits per heavy atom. The number of imidazole rings is 1. The van der Waals surface area contributed by atoms with Gasteiger partial charge in [-0.25, -0.2) is 19.6 Å². The van der Waals surface area contributed by atoms with E-state index in [0.717, 1.165) is 15.8 Å². The summed E-state index contributed by atoms with van der Waals surface area (Å²) in [6, 6.07) is 12.8. The molecule has 2 aromatic carbocycles. The summed E-state index contributed by atoms with van der Waals surface area (Å²) < 4.78 is 25.1. The number of alkyl carbamates (subject to hydrolysis) is 1. The van der Waals surface area contributed by atoms with Crippen molar-refractivity contribution in [2.75, 3.05) is 39.4 Å². The average Bonchev–Trinajstić information content (AvgIpc) is 2.27. The number of nitrogens with one attached hydrogen (secondary N) is 4. The number of hydrogen-bond donors (Lipinski definition) is 5. The molecule has 23 heteroatoms. The number of primary amides is 1. The number of nitrogens with zero attached hydrogens (tertiary/aromatic N) is 4. The number of hydrogen-bond acceptors (Lipinski definition) is 16. The van der Waals surface area contributed by atoms with Crippen LogP contribution in [0.25, 0.3) is 21.9 Å². The van der Waals surface area contributed by atoms with E-state index < -0.39 is 52.6 Å². The molecule has 2 aromatic heterocycles. The largest absolute Gasteiger partial charge is 0.461 e. The molecule has 0 saturated carbocycles. The van der Waals surface area contributed by atoms with Crippen LogP contribution in [0.3, 0.4) is 0 Å². The third-order valence-electron chi connectivity index (χ3n) is 14.3. The molecule has 0 saturated heterocycles. The standard InChI is InChI=1S/C63H87N9O14/c1-11-83-38-51-70-55-49(34-44(74)36-67-60(82)86-61(4,5)6)68-47-20-15-14-19-45(47)56(55)72(51)39-63(9,10)85-31-29-65-58(80)62(7,8)35-54(78)84-37-42-24-22-41(23-25-42)32-50(75)48(21-17-28-66-59(64)81)69-57(79)46(40(2)3)33-43(73)18-13-12-16-30-71-52(76)26-27-53(71)77/h14-15,19-20,22-27,40,46,48H,11-13,16-18,21,28-39H2,1-10H3,(H,65,80)(H,67,82)(H,69,79)(H3,64,66,81)/t46-,48-/m0/s1. The second kappa shape index (κ2) is 32.0. The lowest BCUT2D eigenvalue weighted by molar-refractivity contribution is -0.150. The maximum absolute atomic E-state index is 13.8. The molecule has 5 rings (SSSR count). The summed E-state index contributed by atoms with van der Waals surface area (Å²) in [5, 5.41) is 11.6. The lowest BCUT2D eigenvalue weighted by atomic mass is 9.88. The van der Waals surface area contributed by atoms with Crippen LogP contribution in [0.5, 0.6) is 0 Å². The second-order valence-electron chi connectivity index (χ2n) is 24.2. The molecular weight excluding hydrogens is 1110 g/mol. The van der Waals surface area contributed by atoms with Gasteiger partial charge < -0.3 is 50.5 Å². The fraction of sp³-hybridized carbons (Fsp3) is 0.556. The number of fused-ring (bicyclic) bond motifs is 3. The molecule has 1 aliphatic rings. The van der Waals surface area contributed by atoms with Gasteiger partial charge in [-0.2, -0.15) is 0 Å². The first-order valence-corrected chi connectivity index (χ1v) is 29.5. The summed E-state index contributed by atoms with van der Waals surface area (Å²) >= 11 is 0. The number of unbranched alkanes of at least 4 members (excludes halogenated alkanes) is 2. The number of aromatic nitrogens is 3. The predicted octanol–water partition coefficient (Wildman–Crippen LogP) is 6.59. The fourth-order valence-electron chi connectivity index (χ4n) is 9.67. The van der Waals surface area contributed by atoms with Gasteiger partial charge in [-0.1, -0.05) is 76.6 Å². The van der Waals surface area contributed by atoms with Crippen LogP contribution >= 0.6 is 0 Å². The minimum atomic E-state index is -1.15. The van der Waals surface area contributed by atoms with Crippen LogP contribution in [0.15, 0.2) is 60.7 Å². The van der Waals surface area contributed by atoms with Crippen LogP contribution in [0, 0.1) is 17.3 Å². The number of esters is 1. The maximum Gasteiger partial charge on any atom is 0.408 e. The van der Waals surface area contributed by atoms with Gasteiger partial charge in [0.1, 0.15) is 35.9 Å². The van der Waals surface area contributed by atoms with Gasteiger partial charge in [0.05, 0.1) is 66.3 Å². The molecule has 86 heavy (non-hydrogen) atoms. The Morgan fingerprint density at radius 2 is 1.44 bits per heavy atom. The molecule has 0 spiro atoms. The molecule has 23 nitrogen and oxygen atoms in total. The van der Waals surface area contributed by atoms with Crippen LogP contribution < -0.4 is 27.0 Å². The normalized spacial score (nSPS) is 13.5. The zero-order valence-corrected chi connectivity index (χ0v) is 51.5. The number of ketones is 3. The number of Topliss-reactive ketones (excluding diaryl/α,β-unsaturated/α-hetero) is 3. The number of para-hydroxylation sites is 1. The molecule has 4 aromatic rings. The van der Waals surface area contributed by atoms with Crippen molar-refractivity contribution in [3.05, 3.63) is 83.3 Å². The third kappa shape index (κ3) is 21.9. The Hall–Kier alpha value is -7.92. The van der Waals surface area contributed by atoms with E-state index in [1.165, 1.54) is 12.2 Å². The van der Waals surface area contributed by atoms with Crippen molar-refractivity contribution in [2.45, 2.75) is 170 Å². The minimum absolute atomic E-state index is 0.0224. The molecule has 3 heterocycles. The van der Waals surface area contributed by atoms with E-state index in [2.05, 4.69) is 21.3 Å². The first-order chi connectivity index (χ1) is 40.6. The van der Waals surface area contributed by atoms with Crippen molar-refractivity contribution < 1.29 is 66.9 Å². The SMILES string of the molecule is CCOCc1nc2c(CC(=O)CNC(=O)OC(C)(C)C)nc3ccccc3c2n1CC(C)(C)OCCNC(=O)C(C)(C)CC(=O)OCc1ccc(CC(=O)[C@H](CCCNC(N)=O)NC(=O)[C@@H](CC(=O)CCCCCN2C(=O)C=CC2=O)C(C)C)cc1. The summed E-state index contributed by atoms with van der Waals surface area (Å²) in [6.07, 6.45) is 3.82. The van der Waals surface area contributed by atoms with Gasteiger partial charge in [-0.15, -0.1) is 0 Å². The third-order valence-corrected chi connectivity index (χ3v) is 14.3. The van der Waals surface area contributed by atoms with Crippen molar-refractivity contribution in [2.24, 2.45) is 23.0 Å². The summed E-state index contributed by atoms with van der Waals surface area (Å²) in [5.41, 5.74) is 6.18. The molecule has 0 aliphatic carbocycles. The number of pyridine rings is 1. The average molecular weight is 1190 g/mol. The van der Waals surface area contributed by atoms with E-state index in [1.54, 1.807) is 58.9 Å². The van der Waals surface area contributed by atoms with E-state index in [-0.39, 0.29) is 126 Å². The van der Waals surface area contributed by atoms with Crippen LogP contribution in [0.1, 0.15) is 143 Å². The van der Waals surface area contributed by atoms with Crippen LogP contribution in [-0.4, -0.2) is 135 Å². The summed E-state index contributed by atoms with van der Waals surface area (Å²) in [7, 11) is 0. The molecule has 468 valence electrons. The topological polar surface area (TPSA) is 316 Å². The van der Waals surface area contributed by atoms with Crippen molar-refractivity contribution in [1.82, 2.24) is 40.7 Å². The van der Waals surface area contributed by atoms with Crippen LogP contribution in [0.4, 0.5) is 9.59 Å². The number of urea groups is 1. The number of carbonyl (C=O) groups excluding carboxylic acids is 10. The molecule has 7 amide bonds. The van der Waals surface area contributed by atoms with Gasteiger partial charge in [-0.3, -0.25) is 43.3 Å². The highest BCUT2D eigenvalue weighted by Crippen LogP contribution is 2.31. The van der Waals surface area contributed by atoms with E-state index >= 15 is 0 Å². The zero-order valence-electron chi connectivity index (χ0n) is 51.5. The summed E-state index contributed by atoms with van der Waals surface area (Å²) in [6.45, 7) is 19.1. The second-order valence-corrected chi connectivity index (χ2v) is 24.2. The molecule has 1 aliphatic heterocycles. The fourth-order valence-corrected chi connectivity index (χ4v) is 9.67. The van der Waals surface area contributed by atoms with Gasteiger partial charge in [0, 0.05) is 69.0 Å². The van der Waals surface area contributed by atoms with Crippen molar-refractivity contribution >= 4 is 81.0 Å². The predicted molar refractivity (Wildman–Crippen MR) is 321 cm³/mol. The highest BCUT2D eigenvalue weighted by Gasteiger charge is 2.33. The maximum atomic E-state index is 13.8. The Morgan fingerprint density at radius 1 is 0.756 bits per heavy atom. The van der Waals surface area contributed by atoms with Gasteiger partial charge in [-0.05, 0) is 90.3 Å². The van der Waals surface area contributed by atoms with E-state index in [0.29, 0.717) is 72.5 Å². The van der Waals surface area contributed by atoms with Gasteiger partial charge >= 0.3 is 18.1 Å². The number of ether oxygens (including phenoxy) is 4. The molecule has 0 unspecified atom stereocenters. The number of rotatable bonds is 36. The Bertz CT molecular complexity index is 3090. The first kappa shape index (κ1) is 68.9. The lowest BCUT2D eigenvalue weighted by Gasteiger charge is -2.28. The van der Waals surface area contributed by atoms with Crippen molar-refractivity contribution in [3.63, 3.8) is 0 Å². The first-order valence-electron chi connectivity index (χ1n) is 29.5. The van der Waals surface area contributed by atoms with E-state index in [4.69, 9.17) is 34.6 Å². The molecular formula is C63H87N9O14. The van der Waals surface area contributed by atoms with E-state index in [1.807, 2.05) is 63.5 Å². The zero-order chi connectivity index (χ0) is 63.4. The van der Waals surface area contributed by atoms with Gasteiger partial charge in [0.2, 0.25) is 11.8 Å². The molecule has 0 bridgehead atoms. The quantitative estimate of drug-likeness (QED) is 0.0182. The number of imide groups is 1. The number of nitrogens with two attached hydrogens (primary N) is 1. The van der Waals surface area contributed by atoms with Crippen molar-refractivity contribution in [1.29, 1.82) is 0 Å². The van der Waals surface area contributed by atoms with Gasteiger partial charge in [0.25, 0.3) is 11.8 Å². The summed E-state index contributed by atoms with van der Waals surface area (Å²) in [4.78, 5) is 139. The van der Waals surface area contributed by atoms with Crippen LogP contribution in [-0.2, 0) is 89.9 Å². The summed E-state index contributed by atoms with van der Waals surface area (Å²) in [5.74, 6) is -3.13. The number of benzene rings is 2. The van der Waals surface area contributed by atoms with Gasteiger partial charge in [0.15, 0.2) is 11.6 Å². The highest BCUT2D eigenvalue weighted by atomic mass is 16.6. The highest BCUT2D eigenvalue weighted by molar-refractivity contribution is 6.13.